The van der Waals surface area contributed by atoms with Crippen LogP contribution in [0.2, 0.25) is 0 Å². The molecule has 0 aromatic heterocycles. The zero-order valence-corrected chi connectivity index (χ0v) is 12.1. The largest absolute Gasteiger partial charge is 0.0596 e. The quantitative estimate of drug-likeness (QED) is 0.540. The lowest BCUT2D eigenvalue weighted by atomic mass is 9.73. The first-order valence-electron chi connectivity index (χ1n) is 6.99. The van der Waals surface area contributed by atoms with Crippen LogP contribution in [0.1, 0.15) is 68.2 Å². The van der Waals surface area contributed by atoms with E-state index in [2.05, 4.69) is 46.8 Å². The predicted octanol–water partition coefficient (Wildman–Crippen LogP) is 5.16. The summed E-state index contributed by atoms with van der Waals surface area (Å²) in [5, 5.41) is 0. The summed E-state index contributed by atoms with van der Waals surface area (Å²) in [6, 6.07) is 4.90. The Bertz CT molecular complexity index is 407. The second-order valence-corrected chi connectivity index (χ2v) is 6.80. The Hall–Kier alpha value is -0.780. The van der Waals surface area contributed by atoms with Gasteiger partial charge in [-0.25, -0.2) is 0 Å². The standard InChI is InChI=1S/C17H26/c1-12-10-14-8-6-7-9-16(17(3,4)5)15(14)11-13(12)2/h10-11,16H,6-9H2,1-5H3. The molecular formula is C17H26. The summed E-state index contributed by atoms with van der Waals surface area (Å²) in [7, 11) is 0. The molecule has 0 heteroatoms. The predicted molar refractivity (Wildman–Crippen MR) is 75.7 cm³/mol. The van der Waals surface area contributed by atoms with E-state index < -0.39 is 0 Å². The Balaban J connectivity index is 2.52. The fraction of sp³-hybridized carbons (Fsp3) is 0.647. The van der Waals surface area contributed by atoms with Gasteiger partial charge in [0.15, 0.2) is 0 Å². The molecule has 1 unspecified atom stereocenters. The third-order valence-electron chi connectivity index (χ3n) is 4.37. The monoisotopic (exact) mass is 230 g/mol. The van der Waals surface area contributed by atoms with Gasteiger partial charge in [-0.2, -0.15) is 0 Å². The van der Waals surface area contributed by atoms with E-state index in [1.807, 2.05) is 0 Å². The number of aryl methyl sites for hydroxylation is 3. The van der Waals surface area contributed by atoms with Crippen molar-refractivity contribution in [1.29, 1.82) is 0 Å². The molecule has 0 N–H and O–H groups in total. The molecule has 0 amide bonds. The van der Waals surface area contributed by atoms with Crippen molar-refractivity contribution in [3.63, 3.8) is 0 Å². The van der Waals surface area contributed by atoms with E-state index in [1.54, 1.807) is 11.1 Å². The number of hydrogen-bond donors (Lipinski definition) is 0. The van der Waals surface area contributed by atoms with E-state index in [-0.39, 0.29) is 0 Å². The normalized spacial score (nSPS) is 20.9. The molecule has 1 atom stereocenters. The maximum atomic E-state index is 2.46. The molecule has 2 rings (SSSR count). The van der Waals surface area contributed by atoms with Gasteiger partial charge < -0.3 is 0 Å². The molecule has 1 aliphatic rings. The number of fused-ring (bicyclic) bond motifs is 1. The van der Waals surface area contributed by atoms with Crippen LogP contribution in [0.25, 0.3) is 0 Å². The molecule has 0 radical (unpaired) electrons. The highest BCUT2D eigenvalue weighted by atomic mass is 14.3. The van der Waals surface area contributed by atoms with Crippen molar-refractivity contribution < 1.29 is 0 Å². The SMILES string of the molecule is Cc1cc2c(cc1C)C(C(C)(C)C)CCCC2. The molecule has 0 fully saturated rings. The van der Waals surface area contributed by atoms with Gasteiger partial charge in [0.25, 0.3) is 0 Å². The molecule has 1 aromatic rings. The Morgan fingerprint density at radius 1 is 1.00 bits per heavy atom. The molecule has 0 saturated heterocycles. The van der Waals surface area contributed by atoms with Gasteiger partial charge in [-0.15, -0.1) is 0 Å². The topological polar surface area (TPSA) is 0 Å². The highest BCUT2D eigenvalue weighted by molar-refractivity contribution is 5.40. The lowest BCUT2D eigenvalue weighted by Gasteiger charge is -2.32. The van der Waals surface area contributed by atoms with Crippen molar-refractivity contribution in [3.05, 3.63) is 34.4 Å². The molecule has 17 heavy (non-hydrogen) atoms. The molecule has 0 aliphatic heterocycles. The van der Waals surface area contributed by atoms with E-state index >= 15 is 0 Å². The maximum absolute atomic E-state index is 2.46. The van der Waals surface area contributed by atoms with Crippen molar-refractivity contribution in [3.8, 4) is 0 Å². The molecule has 0 spiro atoms. The van der Waals surface area contributed by atoms with Crippen LogP contribution in [0.3, 0.4) is 0 Å². The zero-order valence-electron chi connectivity index (χ0n) is 12.1. The Labute approximate surface area is 106 Å². The van der Waals surface area contributed by atoms with E-state index in [4.69, 9.17) is 0 Å². The smallest absolute Gasteiger partial charge is 0.0110 e. The minimum atomic E-state index is 0.390. The molecule has 94 valence electrons. The van der Waals surface area contributed by atoms with Crippen LogP contribution in [0.4, 0.5) is 0 Å². The van der Waals surface area contributed by atoms with Crippen LogP contribution >= 0.6 is 0 Å². The molecule has 0 saturated carbocycles. The van der Waals surface area contributed by atoms with Crippen molar-refractivity contribution >= 4 is 0 Å². The van der Waals surface area contributed by atoms with Gasteiger partial charge in [0, 0.05) is 0 Å². The molecule has 0 bridgehead atoms. The number of benzene rings is 1. The molecular weight excluding hydrogens is 204 g/mol. The van der Waals surface area contributed by atoms with E-state index in [1.165, 1.54) is 36.8 Å². The Morgan fingerprint density at radius 2 is 1.65 bits per heavy atom. The van der Waals surface area contributed by atoms with Gasteiger partial charge in [-0.1, -0.05) is 39.3 Å². The molecule has 0 heterocycles. The second-order valence-electron chi connectivity index (χ2n) is 6.80. The molecule has 1 aliphatic carbocycles. The fourth-order valence-electron chi connectivity index (χ4n) is 3.16. The van der Waals surface area contributed by atoms with Crippen molar-refractivity contribution in [2.45, 2.75) is 66.2 Å². The minimum Gasteiger partial charge on any atom is -0.0596 e. The van der Waals surface area contributed by atoms with Gasteiger partial charge in [0.2, 0.25) is 0 Å². The third-order valence-corrected chi connectivity index (χ3v) is 4.37. The number of hydrogen-bond acceptors (Lipinski definition) is 0. The minimum absolute atomic E-state index is 0.390. The number of rotatable bonds is 0. The summed E-state index contributed by atoms with van der Waals surface area (Å²) >= 11 is 0. The van der Waals surface area contributed by atoms with E-state index in [9.17, 15) is 0 Å². The van der Waals surface area contributed by atoms with Gasteiger partial charge in [0.05, 0.1) is 0 Å². The van der Waals surface area contributed by atoms with Gasteiger partial charge in [0.1, 0.15) is 0 Å². The molecule has 1 aromatic carbocycles. The molecule has 0 nitrogen and oxygen atoms in total. The van der Waals surface area contributed by atoms with Crippen molar-refractivity contribution in [2.24, 2.45) is 5.41 Å². The highest BCUT2D eigenvalue weighted by Gasteiger charge is 2.29. The summed E-state index contributed by atoms with van der Waals surface area (Å²) in [4.78, 5) is 0. The third kappa shape index (κ3) is 2.56. The summed E-state index contributed by atoms with van der Waals surface area (Å²) in [6.07, 6.45) is 5.39. The first-order chi connectivity index (χ1) is 7.89. The van der Waals surface area contributed by atoms with Gasteiger partial charge in [-0.05, 0) is 66.7 Å². The average Bonchev–Trinajstić information content (AvgIpc) is 2.40. The maximum Gasteiger partial charge on any atom is -0.0110 e. The van der Waals surface area contributed by atoms with Crippen LogP contribution in [0.5, 0.6) is 0 Å². The average molecular weight is 230 g/mol. The zero-order chi connectivity index (χ0) is 12.6. The van der Waals surface area contributed by atoms with E-state index in [0.29, 0.717) is 5.41 Å². The Kier molecular flexibility index (Phi) is 3.34. The lowest BCUT2D eigenvalue weighted by molar-refractivity contribution is 0.302. The lowest BCUT2D eigenvalue weighted by Crippen LogP contribution is -2.19. The van der Waals surface area contributed by atoms with E-state index in [0.717, 1.165) is 5.92 Å². The highest BCUT2D eigenvalue weighted by Crippen LogP contribution is 2.43. The van der Waals surface area contributed by atoms with Crippen LogP contribution in [-0.4, -0.2) is 0 Å². The van der Waals surface area contributed by atoms with Crippen LogP contribution in [-0.2, 0) is 6.42 Å². The first kappa shape index (κ1) is 12.7. The first-order valence-corrected chi connectivity index (χ1v) is 6.99. The van der Waals surface area contributed by atoms with Gasteiger partial charge >= 0.3 is 0 Å². The van der Waals surface area contributed by atoms with Crippen molar-refractivity contribution in [2.75, 3.05) is 0 Å². The summed E-state index contributed by atoms with van der Waals surface area (Å²) < 4.78 is 0. The summed E-state index contributed by atoms with van der Waals surface area (Å²) in [5.41, 5.74) is 6.56. The summed E-state index contributed by atoms with van der Waals surface area (Å²) in [6.45, 7) is 11.7. The van der Waals surface area contributed by atoms with Crippen LogP contribution in [0.15, 0.2) is 12.1 Å². The fourth-order valence-corrected chi connectivity index (χ4v) is 3.16. The van der Waals surface area contributed by atoms with Crippen molar-refractivity contribution in [1.82, 2.24) is 0 Å². The second kappa shape index (κ2) is 4.48. The summed E-state index contributed by atoms with van der Waals surface area (Å²) in [5.74, 6) is 0.735. The van der Waals surface area contributed by atoms with Crippen LogP contribution in [0, 0.1) is 19.3 Å². The van der Waals surface area contributed by atoms with Crippen LogP contribution < -0.4 is 0 Å². The van der Waals surface area contributed by atoms with Gasteiger partial charge in [-0.3, -0.25) is 0 Å². The Morgan fingerprint density at radius 3 is 2.29 bits per heavy atom.